The van der Waals surface area contributed by atoms with Gasteiger partial charge in [0.05, 0.1) is 5.69 Å². The average molecular weight is 248 g/mol. The minimum absolute atomic E-state index is 0.434. The van der Waals surface area contributed by atoms with Gasteiger partial charge in [-0.05, 0) is 34.5 Å². The zero-order chi connectivity index (χ0) is 9.14. The van der Waals surface area contributed by atoms with Gasteiger partial charge in [0, 0.05) is 4.47 Å². The third-order valence-electron chi connectivity index (χ3n) is 1.34. The predicted molar refractivity (Wildman–Crippen MR) is 49.9 cm³/mol. The fourth-order valence-corrected chi connectivity index (χ4v) is 1.57. The highest BCUT2D eigenvalue weighted by Gasteiger charge is 1.99. The molecule has 0 radical (unpaired) electrons. The summed E-state index contributed by atoms with van der Waals surface area (Å²) in [6, 6.07) is 5.26. The maximum Gasteiger partial charge on any atom is 0.316 e. The zero-order valence-corrected chi connectivity index (χ0v) is 8.68. The van der Waals surface area contributed by atoms with Crippen molar-refractivity contribution in [2.45, 2.75) is 6.92 Å². The maximum atomic E-state index is 10.2. The summed E-state index contributed by atoms with van der Waals surface area (Å²) in [6.07, 6.45) is 0. The van der Waals surface area contributed by atoms with E-state index in [1.165, 1.54) is 0 Å². The molecule has 0 amide bonds. The molecule has 1 aromatic carbocycles. The highest BCUT2D eigenvalue weighted by molar-refractivity contribution is 9.10. The molecular weight excluding hydrogens is 242 g/mol. The van der Waals surface area contributed by atoms with E-state index in [2.05, 4.69) is 20.3 Å². The molecule has 0 atom stereocenters. The highest BCUT2D eigenvalue weighted by Crippen LogP contribution is 2.27. The van der Waals surface area contributed by atoms with Gasteiger partial charge in [-0.2, -0.15) is 8.42 Å². The Kier molecular flexibility index (Phi) is 2.99. The maximum absolute atomic E-state index is 10.2. The molecule has 3 nitrogen and oxygen atoms in total. The van der Waals surface area contributed by atoms with E-state index < -0.39 is 10.5 Å². The number of benzene rings is 1. The van der Waals surface area contributed by atoms with Gasteiger partial charge in [0.2, 0.25) is 0 Å². The third kappa shape index (κ3) is 2.15. The number of nitrogens with zero attached hydrogens (tertiary/aromatic N) is 1. The summed E-state index contributed by atoms with van der Waals surface area (Å²) in [6.45, 7) is 1.87. The fourth-order valence-electron chi connectivity index (χ4n) is 0.783. The Hall–Kier alpha value is -0.680. The topological polar surface area (TPSA) is 46.5 Å². The van der Waals surface area contributed by atoms with Crippen molar-refractivity contribution in [3.63, 3.8) is 0 Å². The van der Waals surface area contributed by atoms with Crippen LogP contribution in [-0.2, 0) is 10.5 Å². The van der Waals surface area contributed by atoms with E-state index >= 15 is 0 Å². The van der Waals surface area contributed by atoms with Gasteiger partial charge < -0.3 is 0 Å². The van der Waals surface area contributed by atoms with E-state index in [0.29, 0.717) is 10.2 Å². The summed E-state index contributed by atoms with van der Waals surface area (Å²) in [5, 5.41) is 0. The smallest absolute Gasteiger partial charge is 0.163 e. The lowest BCUT2D eigenvalue weighted by Gasteiger charge is -1.97. The molecule has 0 heterocycles. The second-order valence-corrected chi connectivity index (χ2v) is 3.63. The predicted octanol–water partition coefficient (Wildman–Crippen LogP) is 2.45. The van der Waals surface area contributed by atoms with E-state index in [1.54, 1.807) is 12.1 Å². The van der Waals surface area contributed by atoms with Crippen molar-refractivity contribution in [2.24, 2.45) is 4.36 Å². The van der Waals surface area contributed by atoms with E-state index in [0.717, 1.165) is 5.56 Å². The third-order valence-corrected chi connectivity index (χ3v) is 2.72. The first-order valence-corrected chi connectivity index (χ1v) is 5.00. The molecule has 0 saturated carbocycles. The summed E-state index contributed by atoms with van der Waals surface area (Å²) in [5.41, 5.74) is 1.39. The molecule has 0 aliphatic heterocycles. The van der Waals surface area contributed by atoms with Crippen LogP contribution in [0.25, 0.3) is 0 Å². The number of halogens is 1. The number of hydrogen-bond donors (Lipinski definition) is 0. The van der Waals surface area contributed by atoms with Crippen LogP contribution in [0.5, 0.6) is 0 Å². The first kappa shape index (κ1) is 9.41. The average Bonchev–Trinajstić information content (AvgIpc) is 1.98. The Morgan fingerprint density at radius 3 is 2.67 bits per heavy atom. The summed E-state index contributed by atoms with van der Waals surface area (Å²) in [4.78, 5) is 0. The number of aryl methyl sites for hydroxylation is 1. The van der Waals surface area contributed by atoms with E-state index in [4.69, 9.17) is 0 Å². The van der Waals surface area contributed by atoms with Crippen molar-refractivity contribution >= 4 is 32.1 Å². The van der Waals surface area contributed by atoms with Crippen molar-refractivity contribution < 1.29 is 8.42 Å². The largest absolute Gasteiger partial charge is 0.316 e. The van der Waals surface area contributed by atoms with Crippen LogP contribution < -0.4 is 0 Å². The lowest BCUT2D eigenvalue weighted by atomic mass is 10.2. The van der Waals surface area contributed by atoms with E-state index in [9.17, 15) is 8.42 Å². The number of hydrogen-bond acceptors (Lipinski definition) is 3. The molecule has 0 N–H and O–H groups in total. The van der Waals surface area contributed by atoms with Crippen LogP contribution in [0, 0.1) is 6.92 Å². The van der Waals surface area contributed by atoms with Crippen LogP contribution in [0.4, 0.5) is 5.69 Å². The minimum atomic E-state index is -2.39. The summed E-state index contributed by atoms with van der Waals surface area (Å²) >= 11 is 3.24. The second kappa shape index (κ2) is 3.82. The quantitative estimate of drug-likeness (QED) is 0.766. The van der Waals surface area contributed by atoms with Crippen molar-refractivity contribution in [1.29, 1.82) is 0 Å². The monoisotopic (exact) mass is 247 g/mol. The van der Waals surface area contributed by atoms with E-state index in [1.807, 2.05) is 13.0 Å². The molecule has 0 unspecified atom stereocenters. The molecule has 0 aliphatic carbocycles. The second-order valence-electron chi connectivity index (χ2n) is 2.22. The van der Waals surface area contributed by atoms with Crippen LogP contribution >= 0.6 is 15.9 Å². The summed E-state index contributed by atoms with van der Waals surface area (Å²) < 4.78 is 24.6. The molecule has 0 spiro atoms. The zero-order valence-electron chi connectivity index (χ0n) is 6.28. The molecule has 12 heavy (non-hydrogen) atoms. The Bertz CT molecular complexity index is 417. The van der Waals surface area contributed by atoms with Gasteiger partial charge >= 0.3 is 10.5 Å². The first-order valence-electron chi connectivity index (χ1n) is 3.17. The molecule has 0 aromatic heterocycles. The Balaban J connectivity index is 3.36. The summed E-state index contributed by atoms with van der Waals surface area (Å²) in [7, 11) is -2.39. The van der Waals surface area contributed by atoms with Gasteiger partial charge in [-0.25, -0.2) is 0 Å². The highest BCUT2D eigenvalue weighted by atomic mass is 79.9. The van der Waals surface area contributed by atoms with Crippen LogP contribution in [0.3, 0.4) is 0 Å². The Morgan fingerprint density at radius 1 is 1.42 bits per heavy atom. The Labute approximate surface area is 80.3 Å². The molecule has 5 heteroatoms. The normalized spacial score (nSPS) is 9.50. The molecule has 1 rings (SSSR count). The van der Waals surface area contributed by atoms with Gasteiger partial charge in [0.25, 0.3) is 0 Å². The van der Waals surface area contributed by atoms with Gasteiger partial charge in [0.1, 0.15) is 0 Å². The molecular formula is C7H6BrNO2S. The Morgan fingerprint density at radius 2 is 2.08 bits per heavy atom. The standard InChI is InChI=1S/C7H6BrNO2S/c1-5-3-2-4-6(7(5)8)9-12(10)11/h2-4H,1H3. The van der Waals surface area contributed by atoms with Gasteiger partial charge in [0.15, 0.2) is 0 Å². The minimum Gasteiger partial charge on any atom is -0.163 e. The van der Waals surface area contributed by atoms with Crippen molar-refractivity contribution in [1.82, 2.24) is 0 Å². The van der Waals surface area contributed by atoms with Crippen molar-refractivity contribution in [2.75, 3.05) is 0 Å². The van der Waals surface area contributed by atoms with E-state index in [-0.39, 0.29) is 0 Å². The van der Waals surface area contributed by atoms with Crippen LogP contribution in [-0.4, -0.2) is 8.42 Å². The molecule has 0 aliphatic rings. The van der Waals surface area contributed by atoms with Gasteiger partial charge in [-0.1, -0.05) is 12.1 Å². The molecule has 0 bridgehead atoms. The molecule has 1 aromatic rings. The van der Waals surface area contributed by atoms with Gasteiger partial charge in [-0.3, -0.25) is 0 Å². The molecule has 0 saturated heterocycles. The van der Waals surface area contributed by atoms with Crippen LogP contribution in [0.15, 0.2) is 27.0 Å². The van der Waals surface area contributed by atoms with Crippen molar-refractivity contribution in [3.05, 3.63) is 28.2 Å². The van der Waals surface area contributed by atoms with Crippen LogP contribution in [0.1, 0.15) is 5.56 Å². The molecule has 64 valence electrons. The lowest BCUT2D eigenvalue weighted by molar-refractivity contribution is 0.622. The first-order chi connectivity index (χ1) is 5.61. The van der Waals surface area contributed by atoms with Crippen LogP contribution in [0.2, 0.25) is 0 Å². The lowest BCUT2D eigenvalue weighted by Crippen LogP contribution is -1.74. The van der Waals surface area contributed by atoms with Crippen molar-refractivity contribution in [3.8, 4) is 0 Å². The molecule has 0 fully saturated rings. The SMILES string of the molecule is Cc1cccc(N=S(=O)=O)c1Br. The number of rotatable bonds is 1. The van der Waals surface area contributed by atoms with Gasteiger partial charge in [-0.15, -0.1) is 4.36 Å². The fraction of sp³-hybridized carbons (Fsp3) is 0.143. The summed E-state index contributed by atoms with van der Waals surface area (Å²) in [5.74, 6) is 0.